The zero-order valence-electron chi connectivity index (χ0n) is 9.98. The van der Waals surface area contributed by atoms with Gasteiger partial charge in [0.1, 0.15) is 11.8 Å². The molecule has 1 fully saturated rings. The number of para-hydroxylation sites is 1. The Bertz CT molecular complexity index is 391. The Hall–Kier alpha value is -1.53. The van der Waals surface area contributed by atoms with E-state index in [9.17, 15) is 0 Å². The van der Waals surface area contributed by atoms with Gasteiger partial charge in [0.2, 0.25) is 0 Å². The van der Waals surface area contributed by atoms with Crippen LogP contribution in [0.5, 0.6) is 5.75 Å². The summed E-state index contributed by atoms with van der Waals surface area (Å²) < 4.78 is 5.40. The van der Waals surface area contributed by atoms with Gasteiger partial charge in [-0.3, -0.25) is 0 Å². The van der Waals surface area contributed by atoms with Crippen LogP contribution in [-0.4, -0.2) is 12.6 Å². The van der Waals surface area contributed by atoms with Gasteiger partial charge in [0.05, 0.1) is 0 Å². The monoisotopic (exact) mass is 230 g/mol. The molecule has 1 aliphatic carbocycles. The van der Waals surface area contributed by atoms with E-state index in [1.54, 1.807) is 0 Å². The molecule has 0 bridgehead atoms. The third-order valence-corrected chi connectivity index (χ3v) is 3.20. The highest BCUT2D eigenvalue weighted by atomic mass is 16.5. The number of nitrogens with one attached hydrogen (secondary N) is 1. The fraction of sp³-hybridized carbons (Fsp3) is 0.500. The second kappa shape index (κ2) is 6.27. The van der Waals surface area contributed by atoms with Crippen molar-refractivity contribution < 1.29 is 4.74 Å². The van der Waals surface area contributed by atoms with E-state index in [0.29, 0.717) is 6.04 Å². The van der Waals surface area contributed by atoms with Crippen LogP contribution in [0.1, 0.15) is 31.2 Å². The quantitative estimate of drug-likeness (QED) is 0.845. The molecule has 0 aliphatic heterocycles. The maximum atomic E-state index is 8.53. The zero-order chi connectivity index (χ0) is 11.9. The van der Waals surface area contributed by atoms with Crippen molar-refractivity contribution in [3.63, 3.8) is 0 Å². The second-order valence-electron chi connectivity index (χ2n) is 4.42. The van der Waals surface area contributed by atoms with Crippen molar-refractivity contribution in [2.24, 2.45) is 0 Å². The van der Waals surface area contributed by atoms with E-state index in [2.05, 4.69) is 11.4 Å². The number of benzene rings is 1. The van der Waals surface area contributed by atoms with Gasteiger partial charge in [-0.25, -0.2) is 0 Å². The summed E-state index contributed by atoms with van der Waals surface area (Å²) >= 11 is 0. The maximum absolute atomic E-state index is 8.53. The largest absolute Gasteiger partial charge is 0.478 e. The number of rotatable bonds is 5. The summed E-state index contributed by atoms with van der Waals surface area (Å²) in [7, 11) is 0. The highest BCUT2D eigenvalue weighted by molar-refractivity contribution is 5.33. The van der Waals surface area contributed by atoms with Crippen molar-refractivity contribution in [3.05, 3.63) is 29.8 Å². The van der Waals surface area contributed by atoms with Gasteiger partial charge < -0.3 is 10.1 Å². The van der Waals surface area contributed by atoms with Crippen LogP contribution in [0.2, 0.25) is 0 Å². The molecule has 0 atom stereocenters. The van der Waals surface area contributed by atoms with Gasteiger partial charge in [-0.1, -0.05) is 31.0 Å². The molecule has 0 heterocycles. The topological polar surface area (TPSA) is 45.0 Å². The molecule has 0 unspecified atom stereocenters. The number of nitrogens with zero attached hydrogens (tertiary/aromatic N) is 1. The predicted molar refractivity (Wildman–Crippen MR) is 66.6 cm³/mol. The maximum Gasteiger partial charge on any atom is 0.174 e. The molecule has 90 valence electrons. The van der Waals surface area contributed by atoms with Crippen LogP contribution in [0.4, 0.5) is 0 Å². The standard InChI is InChI=1S/C14H18N2O/c15-9-10-17-14-8-4-1-5-12(14)11-16-13-6-2-3-7-13/h1,4-5,8,13,16H,2-3,6-7,10-11H2. The first-order chi connectivity index (χ1) is 8.40. The van der Waals surface area contributed by atoms with Gasteiger partial charge in [0.25, 0.3) is 0 Å². The molecule has 0 radical (unpaired) electrons. The van der Waals surface area contributed by atoms with Gasteiger partial charge in [-0.2, -0.15) is 5.26 Å². The number of nitriles is 1. The van der Waals surface area contributed by atoms with Gasteiger partial charge >= 0.3 is 0 Å². The predicted octanol–water partition coefficient (Wildman–Crippen LogP) is 2.62. The molecular formula is C14H18N2O. The van der Waals surface area contributed by atoms with E-state index in [0.717, 1.165) is 17.9 Å². The lowest BCUT2D eigenvalue weighted by Gasteiger charge is -2.14. The average molecular weight is 230 g/mol. The molecule has 3 nitrogen and oxygen atoms in total. The van der Waals surface area contributed by atoms with E-state index in [-0.39, 0.29) is 6.61 Å². The summed E-state index contributed by atoms with van der Waals surface area (Å²) in [5, 5.41) is 12.1. The van der Waals surface area contributed by atoms with E-state index in [4.69, 9.17) is 10.00 Å². The lowest BCUT2D eigenvalue weighted by molar-refractivity contribution is 0.361. The minimum atomic E-state index is 0.112. The molecule has 0 amide bonds. The lowest BCUT2D eigenvalue weighted by atomic mass is 10.1. The second-order valence-corrected chi connectivity index (χ2v) is 4.42. The van der Waals surface area contributed by atoms with Gasteiger partial charge in [0, 0.05) is 18.2 Å². The van der Waals surface area contributed by atoms with Crippen molar-refractivity contribution in [3.8, 4) is 11.8 Å². The zero-order valence-corrected chi connectivity index (χ0v) is 9.98. The van der Waals surface area contributed by atoms with Crippen LogP contribution in [0.3, 0.4) is 0 Å². The highest BCUT2D eigenvalue weighted by Crippen LogP contribution is 2.21. The van der Waals surface area contributed by atoms with Crippen molar-refractivity contribution in [2.75, 3.05) is 6.61 Å². The third-order valence-electron chi connectivity index (χ3n) is 3.20. The molecule has 2 rings (SSSR count). The Morgan fingerprint density at radius 3 is 2.82 bits per heavy atom. The molecule has 0 aromatic heterocycles. The van der Waals surface area contributed by atoms with E-state index >= 15 is 0 Å². The molecular weight excluding hydrogens is 212 g/mol. The number of hydrogen-bond acceptors (Lipinski definition) is 3. The van der Waals surface area contributed by atoms with Crippen molar-refractivity contribution in [1.82, 2.24) is 5.32 Å². The minimum absolute atomic E-state index is 0.112. The van der Waals surface area contributed by atoms with Gasteiger partial charge in [-0.05, 0) is 18.9 Å². The summed E-state index contributed by atoms with van der Waals surface area (Å²) in [6.07, 6.45) is 5.23. The Balaban J connectivity index is 1.92. The van der Waals surface area contributed by atoms with Crippen LogP contribution < -0.4 is 10.1 Å². The molecule has 1 saturated carbocycles. The Kier molecular flexibility index (Phi) is 4.40. The molecule has 1 aromatic rings. The van der Waals surface area contributed by atoms with Crippen LogP contribution in [0, 0.1) is 11.3 Å². The first-order valence-electron chi connectivity index (χ1n) is 6.21. The van der Waals surface area contributed by atoms with Crippen molar-refractivity contribution >= 4 is 0 Å². The molecule has 1 aromatic carbocycles. The normalized spacial score (nSPS) is 15.7. The molecule has 1 N–H and O–H groups in total. The van der Waals surface area contributed by atoms with E-state index < -0.39 is 0 Å². The third kappa shape index (κ3) is 3.47. The SMILES string of the molecule is N#CCOc1ccccc1CNC1CCCC1. The van der Waals surface area contributed by atoms with Crippen LogP contribution in [0.25, 0.3) is 0 Å². The smallest absolute Gasteiger partial charge is 0.174 e. The summed E-state index contributed by atoms with van der Waals surface area (Å²) in [6, 6.07) is 10.6. The Labute approximate surface area is 102 Å². The molecule has 3 heteroatoms. The van der Waals surface area contributed by atoms with E-state index in [1.807, 2.05) is 24.3 Å². The minimum Gasteiger partial charge on any atom is -0.478 e. The molecule has 0 spiro atoms. The summed E-state index contributed by atoms with van der Waals surface area (Å²) in [4.78, 5) is 0. The number of ether oxygens (including phenoxy) is 1. The first-order valence-corrected chi connectivity index (χ1v) is 6.21. The van der Waals surface area contributed by atoms with Crippen molar-refractivity contribution in [1.29, 1.82) is 5.26 Å². The summed E-state index contributed by atoms with van der Waals surface area (Å²) in [5.41, 5.74) is 1.13. The lowest BCUT2D eigenvalue weighted by Crippen LogP contribution is -2.25. The molecule has 17 heavy (non-hydrogen) atoms. The average Bonchev–Trinajstić information content (AvgIpc) is 2.88. The summed E-state index contributed by atoms with van der Waals surface area (Å²) in [5.74, 6) is 0.819. The Morgan fingerprint density at radius 1 is 1.29 bits per heavy atom. The molecule has 1 aliphatic rings. The van der Waals surface area contributed by atoms with Gasteiger partial charge in [0.15, 0.2) is 6.61 Å². The summed E-state index contributed by atoms with van der Waals surface area (Å²) in [6.45, 7) is 0.937. The number of hydrogen-bond donors (Lipinski definition) is 1. The first kappa shape index (κ1) is 11.9. The van der Waals surface area contributed by atoms with Crippen LogP contribution in [-0.2, 0) is 6.54 Å². The van der Waals surface area contributed by atoms with Crippen molar-refractivity contribution in [2.45, 2.75) is 38.3 Å². The fourth-order valence-corrected chi connectivity index (χ4v) is 2.28. The fourth-order valence-electron chi connectivity index (χ4n) is 2.28. The molecule has 0 saturated heterocycles. The highest BCUT2D eigenvalue weighted by Gasteiger charge is 2.14. The van der Waals surface area contributed by atoms with E-state index in [1.165, 1.54) is 25.7 Å². The van der Waals surface area contributed by atoms with Crippen LogP contribution >= 0.6 is 0 Å². The Morgan fingerprint density at radius 2 is 2.06 bits per heavy atom. The van der Waals surface area contributed by atoms with Crippen LogP contribution in [0.15, 0.2) is 24.3 Å². The van der Waals surface area contributed by atoms with Gasteiger partial charge in [-0.15, -0.1) is 0 Å².